The van der Waals surface area contributed by atoms with Crippen LogP contribution >= 0.6 is 0 Å². The molecule has 11 heavy (non-hydrogen) atoms. The van der Waals surface area contributed by atoms with Crippen LogP contribution in [0.15, 0.2) is 12.7 Å². The van der Waals surface area contributed by atoms with Crippen molar-refractivity contribution in [2.45, 2.75) is 12.5 Å². The van der Waals surface area contributed by atoms with Crippen molar-refractivity contribution in [2.75, 3.05) is 20.1 Å². The third-order valence-electron chi connectivity index (χ3n) is 2.00. The minimum Gasteiger partial charge on any atom is -0.338 e. The van der Waals surface area contributed by atoms with Gasteiger partial charge in [-0.3, -0.25) is 4.79 Å². The molecule has 1 aliphatic rings. The summed E-state index contributed by atoms with van der Waals surface area (Å²) in [7, 11) is 1.82. The monoisotopic (exact) mass is 154 g/mol. The van der Waals surface area contributed by atoms with Gasteiger partial charge in [0.25, 0.3) is 0 Å². The zero-order valence-electron chi connectivity index (χ0n) is 6.84. The lowest BCUT2D eigenvalue weighted by Crippen LogP contribution is -2.36. The van der Waals surface area contributed by atoms with Gasteiger partial charge < -0.3 is 10.2 Å². The summed E-state index contributed by atoms with van der Waals surface area (Å²) in [5.74, 6) is 0.201. The van der Waals surface area contributed by atoms with Crippen molar-refractivity contribution in [3.63, 3.8) is 0 Å². The number of likely N-dealkylation sites (N-methyl/N-ethyl adjacent to an activating group) is 1. The summed E-state index contributed by atoms with van der Waals surface area (Å²) in [5.41, 5.74) is 0. The number of carbonyl (C=O) groups is 1. The van der Waals surface area contributed by atoms with Crippen LogP contribution in [0.5, 0.6) is 0 Å². The van der Waals surface area contributed by atoms with Crippen LogP contribution in [0, 0.1) is 0 Å². The molecule has 0 bridgehead atoms. The summed E-state index contributed by atoms with van der Waals surface area (Å²) < 4.78 is 0. The first-order valence-corrected chi connectivity index (χ1v) is 3.86. The molecule has 62 valence electrons. The van der Waals surface area contributed by atoms with Crippen molar-refractivity contribution in [1.82, 2.24) is 10.2 Å². The van der Waals surface area contributed by atoms with E-state index in [4.69, 9.17) is 0 Å². The van der Waals surface area contributed by atoms with Crippen LogP contribution in [0.3, 0.4) is 0 Å². The van der Waals surface area contributed by atoms with E-state index in [0.29, 0.717) is 6.54 Å². The Labute approximate surface area is 67.1 Å². The molecule has 0 unspecified atom stereocenters. The standard InChI is InChI=1S/C8H14N2O/c1-3-5-10-6-4-7(9-2)8(10)11/h3,7,9H,1,4-6H2,2H3/t7-/m0/s1. The summed E-state index contributed by atoms with van der Waals surface area (Å²) >= 11 is 0. The predicted octanol–water partition coefficient (Wildman–Crippen LogP) is -0.00730. The topological polar surface area (TPSA) is 32.3 Å². The molecule has 0 saturated carbocycles. The maximum atomic E-state index is 11.3. The van der Waals surface area contributed by atoms with E-state index in [9.17, 15) is 4.79 Å². The Morgan fingerprint density at radius 1 is 1.91 bits per heavy atom. The molecule has 1 N–H and O–H groups in total. The molecule has 0 aromatic rings. The highest BCUT2D eigenvalue weighted by atomic mass is 16.2. The van der Waals surface area contributed by atoms with E-state index in [2.05, 4.69) is 11.9 Å². The summed E-state index contributed by atoms with van der Waals surface area (Å²) in [6, 6.07) is 0.0370. The fourth-order valence-electron chi connectivity index (χ4n) is 1.34. The van der Waals surface area contributed by atoms with E-state index >= 15 is 0 Å². The molecular formula is C8H14N2O. The smallest absolute Gasteiger partial charge is 0.240 e. The highest BCUT2D eigenvalue weighted by Gasteiger charge is 2.28. The van der Waals surface area contributed by atoms with Gasteiger partial charge in [-0.25, -0.2) is 0 Å². The van der Waals surface area contributed by atoms with Crippen LogP contribution < -0.4 is 5.32 Å². The van der Waals surface area contributed by atoms with E-state index in [1.165, 1.54) is 0 Å². The molecule has 1 saturated heterocycles. The minimum atomic E-state index is 0.0370. The van der Waals surface area contributed by atoms with Crippen molar-refractivity contribution in [1.29, 1.82) is 0 Å². The van der Waals surface area contributed by atoms with Gasteiger partial charge in [-0.1, -0.05) is 6.08 Å². The Balaban J connectivity index is 2.48. The SMILES string of the molecule is C=CCN1CC[C@H](NC)C1=O. The van der Waals surface area contributed by atoms with Crippen LogP contribution in [0.2, 0.25) is 0 Å². The number of rotatable bonds is 3. The molecule has 0 aliphatic carbocycles. The summed E-state index contributed by atoms with van der Waals surface area (Å²) in [6.45, 7) is 5.13. The number of hydrogen-bond acceptors (Lipinski definition) is 2. The number of nitrogens with one attached hydrogen (secondary N) is 1. The first-order valence-electron chi connectivity index (χ1n) is 3.86. The highest BCUT2D eigenvalue weighted by molar-refractivity contribution is 5.84. The molecule has 1 amide bonds. The highest BCUT2D eigenvalue weighted by Crippen LogP contribution is 2.09. The lowest BCUT2D eigenvalue weighted by Gasteiger charge is -2.13. The van der Waals surface area contributed by atoms with Crippen LogP contribution in [0.25, 0.3) is 0 Å². The first-order chi connectivity index (χ1) is 5.29. The van der Waals surface area contributed by atoms with Gasteiger partial charge in [-0.15, -0.1) is 6.58 Å². The van der Waals surface area contributed by atoms with Gasteiger partial charge in [-0.2, -0.15) is 0 Å². The maximum absolute atomic E-state index is 11.3. The van der Waals surface area contributed by atoms with Gasteiger partial charge in [0.1, 0.15) is 0 Å². The molecule has 1 atom stereocenters. The van der Waals surface area contributed by atoms with Gasteiger partial charge in [0.2, 0.25) is 5.91 Å². The molecule has 0 radical (unpaired) electrons. The summed E-state index contributed by atoms with van der Waals surface area (Å²) in [4.78, 5) is 13.2. The zero-order chi connectivity index (χ0) is 8.27. The van der Waals surface area contributed by atoms with Gasteiger partial charge in [-0.05, 0) is 13.5 Å². The second kappa shape index (κ2) is 3.53. The van der Waals surface area contributed by atoms with Crippen LogP contribution in [-0.4, -0.2) is 37.0 Å². The van der Waals surface area contributed by atoms with E-state index < -0.39 is 0 Å². The van der Waals surface area contributed by atoms with Crippen LogP contribution in [0.1, 0.15) is 6.42 Å². The largest absolute Gasteiger partial charge is 0.338 e. The number of carbonyl (C=O) groups excluding carboxylic acids is 1. The Morgan fingerprint density at radius 3 is 3.09 bits per heavy atom. The minimum absolute atomic E-state index is 0.0370. The quantitative estimate of drug-likeness (QED) is 0.580. The Kier molecular flexibility index (Phi) is 2.65. The third kappa shape index (κ3) is 1.60. The number of amides is 1. The molecule has 0 aromatic heterocycles. The van der Waals surface area contributed by atoms with Crippen molar-refractivity contribution >= 4 is 5.91 Å². The molecule has 3 nitrogen and oxygen atoms in total. The molecule has 1 fully saturated rings. The van der Waals surface area contributed by atoms with E-state index in [-0.39, 0.29) is 11.9 Å². The Hall–Kier alpha value is -0.830. The Bertz CT molecular complexity index is 167. The summed E-state index contributed by atoms with van der Waals surface area (Å²) in [5, 5.41) is 2.98. The van der Waals surface area contributed by atoms with E-state index in [0.717, 1.165) is 13.0 Å². The lowest BCUT2D eigenvalue weighted by atomic mass is 10.3. The van der Waals surface area contributed by atoms with Crippen LogP contribution in [0.4, 0.5) is 0 Å². The molecule has 3 heteroatoms. The molecule has 0 spiro atoms. The van der Waals surface area contributed by atoms with Crippen molar-refractivity contribution in [2.24, 2.45) is 0 Å². The normalized spacial score (nSPS) is 24.3. The van der Waals surface area contributed by atoms with Gasteiger partial charge >= 0.3 is 0 Å². The molecule has 0 aromatic carbocycles. The number of nitrogens with zero attached hydrogens (tertiary/aromatic N) is 1. The fourth-order valence-corrected chi connectivity index (χ4v) is 1.34. The maximum Gasteiger partial charge on any atom is 0.240 e. The van der Waals surface area contributed by atoms with Crippen molar-refractivity contribution in [3.8, 4) is 0 Å². The number of hydrogen-bond donors (Lipinski definition) is 1. The second-order valence-corrected chi connectivity index (χ2v) is 2.70. The van der Waals surface area contributed by atoms with Crippen LogP contribution in [-0.2, 0) is 4.79 Å². The fraction of sp³-hybridized carbons (Fsp3) is 0.625. The van der Waals surface area contributed by atoms with E-state index in [1.807, 2.05) is 11.9 Å². The zero-order valence-corrected chi connectivity index (χ0v) is 6.84. The van der Waals surface area contributed by atoms with Gasteiger partial charge in [0.05, 0.1) is 6.04 Å². The third-order valence-corrected chi connectivity index (χ3v) is 2.00. The van der Waals surface area contributed by atoms with Crippen molar-refractivity contribution < 1.29 is 4.79 Å². The second-order valence-electron chi connectivity index (χ2n) is 2.70. The summed E-state index contributed by atoms with van der Waals surface area (Å²) in [6.07, 6.45) is 2.68. The molecule has 1 heterocycles. The number of likely N-dealkylation sites (tertiary alicyclic amines) is 1. The Morgan fingerprint density at radius 2 is 2.64 bits per heavy atom. The predicted molar refractivity (Wildman–Crippen MR) is 44.2 cm³/mol. The average Bonchev–Trinajstić information content (AvgIpc) is 2.34. The van der Waals surface area contributed by atoms with Gasteiger partial charge in [0, 0.05) is 13.1 Å². The lowest BCUT2D eigenvalue weighted by molar-refractivity contribution is -0.128. The molecule has 1 aliphatic heterocycles. The molecule has 1 rings (SSSR count). The van der Waals surface area contributed by atoms with Crippen molar-refractivity contribution in [3.05, 3.63) is 12.7 Å². The van der Waals surface area contributed by atoms with Gasteiger partial charge in [0.15, 0.2) is 0 Å². The van der Waals surface area contributed by atoms with E-state index in [1.54, 1.807) is 6.08 Å². The first kappa shape index (κ1) is 8.27. The average molecular weight is 154 g/mol. The molecular weight excluding hydrogens is 140 g/mol.